The molecule has 0 bridgehead atoms. The zero-order valence-corrected chi connectivity index (χ0v) is 41.6. The van der Waals surface area contributed by atoms with Gasteiger partial charge in [0.05, 0.1) is 29.8 Å². The number of methoxy groups -OCH3 is 1. The summed E-state index contributed by atoms with van der Waals surface area (Å²) < 4.78 is 53.0. The van der Waals surface area contributed by atoms with Crippen molar-refractivity contribution in [1.29, 1.82) is 0 Å². The first-order chi connectivity index (χ1) is 25.4. The maximum Gasteiger partial charge on any atom is 0.311 e. The Hall–Kier alpha value is -1.28. The summed E-state index contributed by atoms with van der Waals surface area (Å²) in [4.78, 5) is 43.6. The van der Waals surface area contributed by atoms with Gasteiger partial charge in [-0.3, -0.25) is 14.4 Å². The third-order valence-corrected chi connectivity index (χ3v) is 13.6. The SMILES string of the molecule is CC[C@H]1OC(=O)[C@H](C)[C@@H](O[Si](C)(C)C)[C@H](C)[C@@H](O[C@@H]2O[C@H](C)C[C@H](N(C)C)[C@H]2O[Si](C)(C)C)[C@@](C)(OC)C[C@@H](C)C(=O)/C(COC(C)=O)=C/[C@]1(C)O[Si](C)(C)C. The molecule has 12 atom stereocenters. The van der Waals surface area contributed by atoms with Crippen molar-refractivity contribution >= 4 is 42.7 Å². The molecule has 0 aromatic carbocycles. The lowest BCUT2D eigenvalue weighted by Gasteiger charge is -2.50. The van der Waals surface area contributed by atoms with Crippen molar-refractivity contribution < 1.29 is 51.3 Å². The molecular formula is C41H79NO11Si3. The number of ether oxygens (including phenoxy) is 5. The van der Waals surface area contributed by atoms with E-state index in [0.29, 0.717) is 6.42 Å². The molecule has 0 saturated carbocycles. The van der Waals surface area contributed by atoms with Crippen molar-refractivity contribution in [2.45, 2.75) is 188 Å². The number of carbonyl (C=O) groups is 3. The number of ketones is 1. The van der Waals surface area contributed by atoms with Gasteiger partial charge < -0.3 is 41.9 Å². The molecule has 1 saturated heterocycles. The quantitative estimate of drug-likeness (QED) is 0.134. The monoisotopic (exact) mass is 845 g/mol. The largest absolute Gasteiger partial charge is 0.461 e. The molecule has 0 amide bonds. The van der Waals surface area contributed by atoms with E-state index in [-0.39, 0.29) is 36.5 Å². The Balaban J connectivity index is 2.99. The van der Waals surface area contributed by atoms with Crippen LogP contribution in [0.1, 0.15) is 74.7 Å². The Labute approximate surface area is 342 Å². The van der Waals surface area contributed by atoms with E-state index in [2.05, 4.69) is 44.2 Å². The fourth-order valence-electron chi connectivity index (χ4n) is 8.27. The summed E-state index contributed by atoms with van der Waals surface area (Å²) in [5, 5.41) is 0. The van der Waals surface area contributed by atoms with E-state index in [1.165, 1.54) is 6.92 Å². The van der Waals surface area contributed by atoms with E-state index in [0.717, 1.165) is 6.42 Å². The molecule has 0 aromatic heterocycles. The lowest BCUT2D eigenvalue weighted by atomic mass is 9.76. The molecule has 1 fully saturated rings. The van der Waals surface area contributed by atoms with E-state index in [9.17, 15) is 14.4 Å². The average Bonchev–Trinajstić information content (AvgIpc) is 3.04. The number of cyclic esters (lactones) is 1. The summed E-state index contributed by atoms with van der Waals surface area (Å²) >= 11 is 0. The molecule has 2 aliphatic rings. The van der Waals surface area contributed by atoms with Crippen LogP contribution in [0, 0.1) is 17.8 Å². The second-order valence-electron chi connectivity index (χ2n) is 19.8. The van der Waals surface area contributed by atoms with Gasteiger partial charge in [0.25, 0.3) is 0 Å². The first-order valence-electron chi connectivity index (χ1n) is 20.5. The summed E-state index contributed by atoms with van der Waals surface area (Å²) in [6, 6.07) is 0.00848. The van der Waals surface area contributed by atoms with Gasteiger partial charge in [0, 0.05) is 37.5 Å². The Bertz CT molecular complexity index is 1360. The van der Waals surface area contributed by atoms with Crippen molar-refractivity contribution in [3.8, 4) is 0 Å². The predicted octanol–water partition coefficient (Wildman–Crippen LogP) is 7.58. The fraction of sp³-hybridized carbons (Fsp3) is 0.878. The van der Waals surface area contributed by atoms with Crippen LogP contribution in [0.4, 0.5) is 0 Å². The predicted molar refractivity (Wildman–Crippen MR) is 228 cm³/mol. The van der Waals surface area contributed by atoms with Crippen LogP contribution >= 0.6 is 0 Å². The number of hydrogen-bond donors (Lipinski definition) is 0. The topological polar surface area (TPSA) is 128 Å². The molecule has 12 nitrogen and oxygen atoms in total. The highest BCUT2D eigenvalue weighted by atomic mass is 28.4. The highest BCUT2D eigenvalue weighted by molar-refractivity contribution is 6.70. The van der Waals surface area contributed by atoms with Crippen LogP contribution in [-0.4, -0.2) is 129 Å². The van der Waals surface area contributed by atoms with E-state index >= 15 is 0 Å². The number of rotatable bonds is 13. The van der Waals surface area contributed by atoms with E-state index in [4.69, 9.17) is 37.0 Å². The summed E-state index contributed by atoms with van der Waals surface area (Å²) in [5.41, 5.74) is -2.05. The maximum atomic E-state index is 14.7. The van der Waals surface area contributed by atoms with Crippen LogP contribution < -0.4 is 0 Å². The molecular weight excluding hydrogens is 767 g/mol. The molecule has 0 unspecified atom stereocenters. The molecule has 326 valence electrons. The summed E-state index contributed by atoms with van der Waals surface area (Å²) in [7, 11) is -1.03. The summed E-state index contributed by atoms with van der Waals surface area (Å²) in [5.74, 6) is -3.01. The van der Waals surface area contributed by atoms with Gasteiger partial charge in [0.1, 0.15) is 24.4 Å². The number of Topliss-reactive ketones (excluding diaryl/α,β-unsaturated/α-hetero) is 1. The lowest BCUT2D eigenvalue weighted by Crippen LogP contribution is -2.62. The van der Waals surface area contributed by atoms with Gasteiger partial charge in [0.15, 0.2) is 37.0 Å². The normalized spacial score (nSPS) is 37.1. The molecule has 0 spiro atoms. The number of nitrogens with zero attached hydrogens (tertiary/aromatic N) is 1. The average molecular weight is 846 g/mol. The molecule has 56 heavy (non-hydrogen) atoms. The Morgan fingerprint density at radius 3 is 1.93 bits per heavy atom. The van der Waals surface area contributed by atoms with E-state index < -0.39 is 96.6 Å². The molecule has 2 heterocycles. The highest BCUT2D eigenvalue weighted by Gasteiger charge is 2.52. The van der Waals surface area contributed by atoms with E-state index in [1.54, 1.807) is 13.2 Å². The van der Waals surface area contributed by atoms with Gasteiger partial charge in [-0.15, -0.1) is 0 Å². The Morgan fingerprint density at radius 2 is 1.46 bits per heavy atom. The third kappa shape index (κ3) is 14.5. The summed E-state index contributed by atoms with van der Waals surface area (Å²) in [6.45, 7) is 33.5. The van der Waals surface area contributed by atoms with Crippen LogP contribution in [0.25, 0.3) is 0 Å². The zero-order chi connectivity index (χ0) is 43.4. The van der Waals surface area contributed by atoms with Crippen LogP contribution in [0.15, 0.2) is 11.6 Å². The van der Waals surface area contributed by atoms with Gasteiger partial charge in [-0.2, -0.15) is 0 Å². The number of likely N-dealkylation sites (N-methyl/N-ethyl adjacent to an activating group) is 1. The van der Waals surface area contributed by atoms with Gasteiger partial charge >= 0.3 is 11.9 Å². The molecule has 0 aliphatic carbocycles. The first kappa shape index (κ1) is 50.9. The number of carbonyl (C=O) groups excluding carboxylic acids is 3. The fourth-order valence-corrected chi connectivity index (χ4v) is 12.1. The van der Waals surface area contributed by atoms with Crippen molar-refractivity contribution in [1.82, 2.24) is 4.90 Å². The van der Waals surface area contributed by atoms with Crippen LogP contribution in [-0.2, 0) is 51.3 Å². The maximum absolute atomic E-state index is 14.7. The Morgan fingerprint density at radius 1 is 0.911 bits per heavy atom. The molecule has 2 aliphatic heterocycles. The van der Waals surface area contributed by atoms with Crippen LogP contribution in [0.5, 0.6) is 0 Å². The Kier molecular flexibility index (Phi) is 18.0. The minimum absolute atomic E-state index is 0.00848. The first-order valence-corrected chi connectivity index (χ1v) is 30.8. The van der Waals surface area contributed by atoms with Crippen LogP contribution in [0.2, 0.25) is 58.9 Å². The second kappa shape index (κ2) is 19.9. The molecule has 0 radical (unpaired) electrons. The van der Waals surface area contributed by atoms with Gasteiger partial charge in [-0.05, 0) is 126 Å². The molecule has 2 rings (SSSR count). The lowest BCUT2D eigenvalue weighted by molar-refractivity contribution is -0.298. The minimum Gasteiger partial charge on any atom is -0.461 e. The molecule has 15 heteroatoms. The zero-order valence-electron chi connectivity index (χ0n) is 38.6. The minimum atomic E-state index is -2.32. The third-order valence-electron chi connectivity index (χ3n) is 10.6. The van der Waals surface area contributed by atoms with Crippen LogP contribution in [0.3, 0.4) is 0 Å². The standard InChI is InChI=1S/C41H79NO11Si3/c1-21-33-40(7,53-56(18,19)20)24-31(25-47-30(6)43)34(44)26(2)23-41(8,46-11)37(28(4)35(51-54(12,13)14)29(5)38(45)49-33)50-39-36(52-55(15,16)17)32(42(9)10)22-27(3)48-39/h24,26-29,32-33,35-37,39H,21-23,25H2,1-20H3/b31-24+/t26-,27-,28+,29-,32+,33-,35+,36-,37-,39+,40+,41+/m1/s1. The van der Waals surface area contributed by atoms with Gasteiger partial charge in [-0.1, -0.05) is 20.8 Å². The van der Waals surface area contributed by atoms with Gasteiger partial charge in [0.2, 0.25) is 0 Å². The van der Waals surface area contributed by atoms with Crippen molar-refractivity contribution in [2.75, 3.05) is 27.8 Å². The van der Waals surface area contributed by atoms with Crippen molar-refractivity contribution in [3.05, 3.63) is 11.6 Å². The number of esters is 2. The number of hydrogen-bond acceptors (Lipinski definition) is 12. The molecule has 0 aromatic rings. The van der Waals surface area contributed by atoms with Crippen molar-refractivity contribution in [2.24, 2.45) is 17.8 Å². The smallest absolute Gasteiger partial charge is 0.311 e. The van der Waals surface area contributed by atoms with E-state index in [1.807, 2.05) is 82.2 Å². The summed E-state index contributed by atoms with van der Waals surface area (Å²) in [6.07, 6.45) is -0.385. The highest BCUT2D eigenvalue weighted by Crippen LogP contribution is 2.41. The molecule has 0 N–H and O–H groups in total. The second-order valence-corrected chi connectivity index (χ2v) is 33.2. The van der Waals surface area contributed by atoms with Crippen molar-refractivity contribution in [3.63, 3.8) is 0 Å². The van der Waals surface area contributed by atoms with Gasteiger partial charge in [-0.25, -0.2) is 0 Å².